The van der Waals surface area contributed by atoms with E-state index in [9.17, 15) is 4.79 Å². The van der Waals surface area contributed by atoms with Crippen molar-refractivity contribution in [2.75, 3.05) is 18.9 Å². The molecule has 2 rings (SSSR count). The van der Waals surface area contributed by atoms with Gasteiger partial charge in [0, 0.05) is 12.3 Å². The summed E-state index contributed by atoms with van der Waals surface area (Å²) in [5.41, 5.74) is 1.18. The molecule has 0 saturated carbocycles. The molecule has 2 aromatic rings. The van der Waals surface area contributed by atoms with Gasteiger partial charge >= 0.3 is 0 Å². The zero-order chi connectivity index (χ0) is 19.2. The lowest BCUT2D eigenvalue weighted by Crippen LogP contribution is -2.33. The Kier molecular flexibility index (Phi) is 10.5. The highest BCUT2D eigenvalue weighted by Crippen LogP contribution is 2.12. The van der Waals surface area contributed by atoms with Crippen molar-refractivity contribution in [2.45, 2.75) is 38.5 Å². The van der Waals surface area contributed by atoms with Crippen molar-refractivity contribution in [3.8, 4) is 5.75 Å². The Hall–Kier alpha value is -1.94. The van der Waals surface area contributed by atoms with Crippen molar-refractivity contribution in [3.05, 3.63) is 66.2 Å². The van der Waals surface area contributed by atoms with Crippen LogP contribution >= 0.6 is 12.6 Å². The Morgan fingerprint density at radius 2 is 1.52 bits per heavy atom. The summed E-state index contributed by atoms with van der Waals surface area (Å²) in [6.07, 6.45) is 6.31. The minimum Gasteiger partial charge on any atom is -0.494 e. The summed E-state index contributed by atoms with van der Waals surface area (Å²) in [5.74, 6) is 1.56. The molecule has 4 heteroatoms. The summed E-state index contributed by atoms with van der Waals surface area (Å²) >= 11 is 4.35. The number of hydrogen-bond acceptors (Lipinski definition) is 3. The number of para-hydroxylation sites is 1. The molecule has 146 valence electrons. The van der Waals surface area contributed by atoms with Gasteiger partial charge in [0.1, 0.15) is 5.75 Å². The molecule has 27 heavy (non-hydrogen) atoms. The first kappa shape index (κ1) is 21.4. The summed E-state index contributed by atoms with van der Waals surface area (Å²) in [6.45, 7) is 1.52. The van der Waals surface area contributed by atoms with Gasteiger partial charge in [-0.25, -0.2) is 0 Å². The molecule has 0 bridgehead atoms. The lowest BCUT2D eigenvalue weighted by atomic mass is 10.00. The van der Waals surface area contributed by atoms with Crippen molar-refractivity contribution >= 4 is 18.5 Å². The summed E-state index contributed by atoms with van der Waals surface area (Å²) in [4.78, 5) is 12.3. The molecule has 0 spiro atoms. The Morgan fingerprint density at radius 3 is 2.22 bits per heavy atom. The van der Waals surface area contributed by atoms with Crippen LogP contribution in [0.15, 0.2) is 60.7 Å². The number of nitrogens with one attached hydrogen (secondary N) is 1. The fourth-order valence-corrected chi connectivity index (χ4v) is 3.25. The van der Waals surface area contributed by atoms with E-state index in [-0.39, 0.29) is 11.8 Å². The number of ether oxygens (including phenoxy) is 1. The van der Waals surface area contributed by atoms with Crippen molar-refractivity contribution in [3.63, 3.8) is 0 Å². The fourth-order valence-electron chi connectivity index (χ4n) is 2.96. The van der Waals surface area contributed by atoms with Gasteiger partial charge in [0.05, 0.1) is 12.5 Å². The summed E-state index contributed by atoms with van der Waals surface area (Å²) in [6, 6.07) is 20.1. The highest BCUT2D eigenvalue weighted by atomic mass is 32.1. The molecule has 1 N–H and O–H groups in total. The highest BCUT2D eigenvalue weighted by Gasteiger charge is 2.16. The van der Waals surface area contributed by atoms with Crippen LogP contribution in [0.25, 0.3) is 0 Å². The van der Waals surface area contributed by atoms with E-state index in [1.54, 1.807) is 0 Å². The van der Waals surface area contributed by atoms with Crippen LogP contribution in [0.2, 0.25) is 0 Å². The predicted molar refractivity (Wildman–Crippen MR) is 116 cm³/mol. The van der Waals surface area contributed by atoms with Crippen LogP contribution in [0.4, 0.5) is 0 Å². The minimum atomic E-state index is -0.0640. The number of benzene rings is 2. The van der Waals surface area contributed by atoms with E-state index in [1.165, 1.54) is 12.0 Å². The summed E-state index contributed by atoms with van der Waals surface area (Å²) < 4.78 is 5.69. The molecular weight excluding hydrogens is 354 g/mol. The molecule has 0 aromatic heterocycles. The smallest absolute Gasteiger partial charge is 0.224 e. The van der Waals surface area contributed by atoms with Crippen LogP contribution in [0, 0.1) is 5.92 Å². The lowest BCUT2D eigenvalue weighted by molar-refractivity contribution is -0.124. The van der Waals surface area contributed by atoms with Crippen LogP contribution in [-0.2, 0) is 11.2 Å². The van der Waals surface area contributed by atoms with Gasteiger partial charge in [-0.1, -0.05) is 67.8 Å². The monoisotopic (exact) mass is 385 g/mol. The molecule has 0 aliphatic carbocycles. The number of carbonyl (C=O) groups excluding carboxylic acids is 1. The third-order valence-corrected chi connectivity index (χ3v) is 4.99. The molecule has 1 amide bonds. The number of rotatable bonds is 13. The lowest BCUT2D eigenvalue weighted by Gasteiger charge is -2.14. The number of unbranched alkanes of at least 4 members (excludes halogenated alkanes) is 4. The largest absolute Gasteiger partial charge is 0.494 e. The zero-order valence-electron chi connectivity index (χ0n) is 16.0. The first-order valence-corrected chi connectivity index (χ1v) is 10.5. The van der Waals surface area contributed by atoms with E-state index in [0.29, 0.717) is 5.75 Å². The summed E-state index contributed by atoms with van der Waals surface area (Å²) in [7, 11) is 0. The zero-order valence-corrected chi connectivity index (χ0v) is 16.9. The Balaban J connectivity index is 1.48. The Labute approximate surface area is 168 Å². The van der Waals surface area contributed by atoms with Crippen LogP contribution < -0.4 is 10.1 Å². The average molecular weight is 386 g/mol. The van der Waals surface area contributed by atoms with E-state index in [1.807, 2.05) is 48.5 Å². The van der Waals surface area contributed by atoms with E-state index in [0.717, 1.165) is 51.0 Å². The molecule has 0 radical (unpaired) electrons. The molecule has 3 nitrogen and oxygen atoms in total. The van der Waals surface area contributed by atoms with Crippen molar-refractivity contribution in [1.82, 2.24) is 5.32 Å². The van der Waals surface area contributed by atoms with Crippen molar-refractivity contribution in [2.24, 2.45) is 5.92 Å². The second kappa shape index (κ2) is 13.3. The van der Waals surface area contributed by atoms with Gasteiger partial charge in [0.25, 0.3) is 0 Å². The van der Waals surface area contributed by atoms with Gasteiger partial charge in [0.15, 0.2) is 0 Å². The molecule has 2 aromatic carbocycles. The number of amides is 1. The number of carbonyl (C=O) groups is 1. The van der Waals surface area contributed by atoms with E-state index < -0.39 is 0 Å². The molecule has 0 fully saturated rings. The third kappa shape index (κ3) is 9.00. The second-order valence-electron chi connectivity index (χ2n) is 6.79. The first-order valence-electron chi connectivity index (χ1n) is 9.90. The van der Waals surface area contributed by atoms with Gasteiger partial charge in [-0.15, -0.1) is 0 Å². The van der Waals surface area contributed by atoms with Crippen LogP contribution in [0.5, 0.6) is 5.75 Å². The SMILES string of the molecule is O=C(NCCCCCCCOc1ccccc1)C(CS)Cc1ccccc1. The Morgan fingerprint density at radius 1 is 0.889 bits per heavy atom. The molecule has 0 aliphatic heterocycles. The summed E-state index contributed by atoms with van der Waals surface area (Å²) in [5, 5.41) is 3.06. The maximum atomic E-state index is 12.3. The molecular formula is C23H31NO2S. The second-order valence-corrected chi connectivity index (χ2v) is 7.15. The Bertz CT molecular complexity index is 633. The van der Waals surface area contributed by atoms with Gasteiger partial charge < -0.3 is 10.1 Å². The minimum absolute atomic E-state index is 0.0640. The highest BCUT2D eigenvalue weighted by molar-refractivity contribution is 7.80. The quantitative estimate of drug-likeness (QED) is 0.379. The van der Waals surface area contributed by atoms with Gasteiger partial charge in [-0.05, 0) is 37.0 Å². The van der Waals surface area contributed by atoms with Crippen LogP contribution in [0.3, 0.4) is 0 Å². The maximum absolute atomic E-state index is 12.3. The molecule has 0 saturated heterocycles. The van der Waals surface area contributed by atoms with Crippen LogP contribution in [-0.4, -0.2) is 24.8 Å². The van der Waals surface area contributed by atoms with Crippen molar-refractivity contribution < 1.29 is 9.53 Å². The standard InChI is InChI=1S/C23H31NO2S/c25-23(21(19-27)18-20-12-6-4-7-13-20)24-16-10-2-1-3-11-17-26-22-14-8-5-9-15-22/h4-9,12-15,21,27H,1-3,10-11,16-19H2,(H,24,25). The topological polar surface area (TPSA) is 38.3 Å². The number of thiol groups is 1. The molecule has 0 aliphatic rings. The number of hydrogen-bond donors (Lipinski definition) is 2. The van der Waals surface area contributed by atoms with E-state index in [2.05, 4.69) is 30.1 Å². The van der Waals surface area contributed by atoms with Crippen molar-refractivity contribution in [1.29, 1.82) is 0 Å². The molecule has 1 atom stereocenters. The van der Waals surface area contributed by atoms with Gasteiger partial charge in [-0.2, -0.15) is 12.6 Å². The molecule has 0 heterocycles. The van der Waals surface area contributed by atoms with E-state index >= 15 is 0 Å². The first-order chi connectivity index (χ1) is 13.3. The predicted octanol–water partition coefficient (Wildman–Crippen LogP) is 4.92. The molecule has 1 unspecified atom stereocenters. The van der Waals surface area contributed by atoms with Gasteiger partial charge in [-0.3, -0.25) is 4.79 Å². The van der Waals surface area contributed by atoms with Gasteiger partial charge in [0.2, 0.25) is 5.91 Å². The average Bonchev–Trinajstić information content (AvgIpc) is 2.72. The maximum Gasteiger partial charge on any atom is 0.224 e. The van der Waals surface area contributed by atoms with Crippen LogP contribution in [0.1, 0.15) is 37.7 Å². The van der Waals surface area contributed by atoms with E-state index in [4.69, 9.17) is 4.74 Å². The fraction of sp³-hybridized carbons (Fsp3) is 0.435. The normalized spacial score (nSPS) is 11.7. The third-order valence-electron chi connectivity index (χ3n) is 4.55.